The molecule has 0 aliphatic carbocycles. The molecule has 3 nitrogen and oxygen atoms in total. The summed E-state index contributed by atoms with van der Waals surface area (Å²) in [6.07, 6.45) is 2.77. The van der Waals surface area contributed by atoms with Gasteiger partial charge < -0.3 is 10.5 Å². The van der Waals surface area contributed by atoms with Crippen molar-refractivity contribution < 1.29 is 9.53 Å². The van der Waals surface area contributed by atoms with E-state index in [0.29, 0.717) is 27.9 Å². The van der Waals surface area contributed by atoms with E-state index in [-0.39, 0.29) is 0 Å². The van der Waals surface area contributed by atoms with E-state index in [4.69, 9.17) is 33.7 Å². The van der Waals surface area contributed by atoms with Gasteiger partial charge in [0.05, 0.1) is 16.7 Å². The minimum Gasteiger partial charge on any atom is -0.463 e. The van der Waals surface area contributed by atoms with Gasteiger partial charge >= 0.3 is 5.97 Å². The molecule has 0 aliphatic rings. The average molecular weight is 260 g/mol. The lowest BCUT2D eigenvalue weighted by Gasteiger charge is -2.03. The van der Waals surface area contributed by atoms with Gasteiger partial charge in [-0.3, -0.25) is 0 Å². The van der Waals surface area contributed by atoms with Crippen LogP contribution in [0.5, 0.6) is 0 Å². The lowest BCUT2D eigenvalue weighted by atomic mass is 10.2. The number of hydrogen-bond acceptors (Lipinski definition) is 3. The van der Waals surface area contributed by atoms with E-state index in [2.05, 4.69) is 0 Å². The smallest absolute Gasteiger partial charge is 0.330 e. The van der Waals surface area contributed by atoms with Crippen molar-refractivity contribution in [2.75, 3.05) is 12.3 Å². The number of esters is 1. The third kappa shape index (κ3) is 3.43. The Kier molecular flexibility index (Phi) is 4.65. The van der Waals surface area contributed by atoms with E-state index in [1.54, 1.807) is 19.1 Å². The second-order valence-corrected chi connectivity index (χ2v) is 3.80. The number of rotatable bonds is 3. The van der Waals surface area contributed by atoms with Crippen LogP contribution in [-0.2, 0) is 9.53 Å². The second kappa shape index (κ2) is 5.77. The monoisotopic (exact) mass is 259 g/mol. The summed E-state index contributed by atoms with van der Waals surface area (Å²) in [4.78, 5) is 11.1. The molecule has 0 unspecified atom stereocenters. The molecular formula is C11H11Cl2NO2. The third-order valence-corrected chi connectivity index (χ3v) is 2.40. The molecule has 0 radical (unpaired) electrons. The Morgan fingerprint density at radius 1 is 1.44 bits per heavy atom. The first-order chi connectivity index (χ1) is 7.54. The van der Waals surface area contributed by atoms with Crippen LogP contribution in [0.4, 0.5) is 5.69 Å². The summed E-state index contributed by atoms with van der Waals surface area (Å²) < 4.78 is 4.73. The molecule has 0 heterocycles. The molecule has 0 saturated heterocycles. The summed E-state index contributed by atoms with van der Waals surface area (Å²) in [6, 6.07) is 3.14. The molecule has 1 aromatic carbocycles. The highest BCUT2D eigenvalue weighted by Crippen LogP contribution is 2.28. The number of carbonyl (C=O) groups excluding carboxylic acids is 1. The normalized spacial score (nSPS) is 10.7. The zero-order chi connectivity index (χ0) is 12.1. The molecule has 0 aromatic heterocycles. The first-order valence-electron chi connectivity index (χ1n) is 4.64. The average Bonchev–Trinajstić information content (AvgIpc) is 2.16. The van der Waals surface area contributed by atoms with Crippen LogP contribution >= 0.6 is 23.2 Å². The van der Waals surface area contributed by atoms with Crippen molar-refractivity contribution in [3.63, 3.8) is 0 Å². The maximum atomic E-state index is 11.1. The van der Waals surface area contributed by atoms with Gasteiger partial charge in [0.2, 0.25) is 0 Å². The molecule has 0 fully saturated rings. The van der Waals surface area contributed by atoms with Crippen LogP contribution < -0.4 is 5.73 Å². The number of hydrogen-bond donors (Lipinski definition) is 1. The van der Waals surface area contributed by atoms with Gasteiger partial charge in [0, 0.05) is 17.3 Å². The summed E-state index contributed by atoms with van der Waals surface area (Å²) >= 11 is 11.9. The van der Waals surface area contributed by atoms with E-state index < -0.39 is 5.97 Å². The summed E-state index contributed by atoms with van der Waals surface area (Å²) in [5.74, 6) is -0.438. The van der Waals surface area contributed by atoms with Crippen LogP contribution in [-0.4, -0.2) is 12.6 Å². The molecule has 0 aliphatic heterocycles. The maximum Gasteiger partial charge on any atom is 0.330 e. The van der Waals surface area contributed by atoms with Crippen molar-refractivity contribution in [2.45, 2.75) is 6.92 Å². The highest BCUT2D eigenvalue weighted by molar-refractivity contribution is 6.37. The van der Waals surface area contributed by atoms with Crippen molar-refractivity contribution in [2.24, 2.45) is 0 Å². The van der Waals surface area contributed by atoms with Gasteiger partial charge in [-0.1, -0.05) is 23.2 Å². The minimum atomic E-state index is -0.438. The fourth-order valence-corrected chi connectivity index (χ4v) is 1.73. The van der Waals surface area contributed by atoms with E-state index >= 15 is 0 Å². The zero-order valence-electron chi connectivity index (χ0n) is 8.67. The van der Waals surface area contributed by atoms with Gasteiger partial charge in [-0.2, -0.15) is 0 Å². The van der Waals surface area contributed by atoms with E-state index in [9.17, 15) is 4.79 Å². The van der Waals surface area contributed by atoms with Crippen LogP contribution in [0.3, 0.4) is 0 Å². The first kappa shape index (κ1) is 12.9. The molecule has 1 aromatic rings. The Bertz CT molecular complexity index is 407. The van der Waals surface area contributed by atoms with Gasteiger partial charge in [0.25, 0.3) is 0 Å². The van der Waals surface area contributed by atoms with Gasteiger partial charge in [0.15, 0.2) is 0 Å². The topological polar surface area (TPSA) is 52.3 Å². The van der Waals surface area contributed by atoms with Crippen molar-refractivity contribution in [3.8, 4) is 0 Å². The van der Waals surface area contributed by atoms with Crippen LogP contribution in [0.1, 0.15) is 12.5 Å². The molecule has 86 valence electrons. The van der Waals surface area contributed by atoms with Crippen LogP contribution in [0, 0.1) is 0 Å². The Balaban J connectivity index is 2.93. The molecule has 0 bridgehead atoms. The maximum absolute atomic E-state index is 11.1. The third-order valence-electron chi connectivity index (χ3n) is 1.77. The Morgan fingerprint density at radius 2 is 2.00 bits per heavy atom. The fraction of sp³-hybridized carbons (Fsp3) is 0.182. The van der Waals surface area contributed by atoms with Gasteiger partial charge in [-0.25, -0.2) is 4.79 Å². The molecule has 0 saturated carbocycles. The summed E-state index contributed by atoms with van der Waals surface area (Å²) in [5, 5.41) is 0.788. The molecular weight excluding hydrogens is 249 g/mol. The van der Waals surface area contributed by atoms with Gasteiger partial charge in [0.1, 0.15) is 0 Å². The SMILES string of the molecule is CCOC(=O)C=Cc1c(Cl)cc(N)cc1Cl. The van der Waals surface area contributed by atoms with Crippen molar-refractivity contribution in [3.05, 3.63) is 33.8 Å². The minimum absolute atomic E-state index is 0.326. The molecule has 0 atom stereocenters. The Hall–Kier alpha value is -1.19. The van der Waals surface area contributed by atoms with E-state index in [1.807, 2.05) is 0 Å². The van der Waals surface area contributed by atoms with Gasteiger partial charge in [-0.05, 0) is 25.1 Å². The summed E-state index contributed by atoms with van der Waals surface area (Å²) in [6.45, 7) is 2.06. The fourth-order valence-electron chi connectivity index (χ4n) is 1.10. The molecule has 0 spiro atoms. The quantitative estimate of drug-likeness (QED) is 0.516. The lowest BCUT2D eigenvalue weighted by Crippen LogP contribution is -1.98. The number of halogens is 2. The van der Waals surface area contributed by atoms with Gasteiger partial charge in [-0.15, -0.1) is 0 Å². The first-order valence-corrected chi connectivity index (χ1v) is 5.39. The summed E-state index contributed by atoms with van der Waals surface area (Å²) in [7, 11) is 0. The Labute approximate surface area is 104 Å². The predicted octanol–water partition coefficient (Wildman–Crippen LogP) is 3.15. The highest BCUT2D eigenvalue weighted by atomic mass is 35.5. The van der Waals surface area contributed by atoms with E-state index in [1.165, 1.54) is 12.2 Å². The molecule has 16 heavy (non-hydrogen) atoms. The number of nitrogens with two attached hydrogens (primary N) is 1. The van der Waals surface area contributed by atoms with E-state index in [0.717, 1.165) is 0 Å². The lowest BCUT2D eigenvalue weighted by molar-refractivity contribution is -0.137. The number of anilines is 1. The van der Waals surface area contributed by atoms with Crippen molar-refractivity contribution >= 4 is 40.9 Å². The zero-order valence-corrected chi connectivity index (χ0v) is 10.2. The highest BCUT2D eigenvalue weighted by Gasteiger charge is 2.05. The number of benzene rings is 1. The largest absolute Gasteiger partial charge is 0.463 e. The van der Waals surface area contributed by atoms with Crippen LogP contribution in [0.25, 0.3) is 6.08 Å². The van der Waals surface area contributed by atoms with Crippen LogP contribution in [0.2, 0.25) is 10.0 Å². The Morgan fingerprint density at radius 3 is 2.50 bits per heavy atom. The molecule has 2 N–H and O–H groups in total. The number of nitrogen functional groups attached to an aromatic ring is 1. The second-order valence-electron chi connectivity index (χ2n) is 2.98. The summed E-state index contributed by atoms with van der Waals surface area (Å²) in [5.41, 5.74) is 6.57. The van der Waals surface area contributed by atoms with Crippen molar-refractivity contribution in [1.82, 2.24) is 0 Å². The molecule has 0 amide bonds. The number of carbonyl (C=O) groups is 1. The van der Waals surface area contributed by atoms with Crippen molar-refractivity contribution in [1.29, 1.82) is 0 Å². The standard InChI is InChI=1S/C11H11Cl2NO2/c1-2-16-11(15)4-3-8-9(12)5-7(14)6-10(8)13/h3-6H,2,14H2,1H3. The van der Waals surface area contributed by atoms with Crippen LogP contribution in [0.15, 0.2) is 18.2 Å². The molecule has 1 rings (SSSR count). The molecule has 5 heteroatoms. The predicted molar refractivity (Wildman–Crippen MR) is 66.5 cm³/mol. The number of ether oxygens (including phenoxy) is 1.